The summed E-state index contributed by atoms with van der Waals surface area (Å²) in [4.78, 5) is 11.9. The van der Waals surface area contributed by atoms with Crippen LogP contribution in [0.4, 0.5) is 5.69 Å². The van der Waals surface area contributed by atoms with Gasteiger partial charge in [0.2, 0.25) is 5.76 Å². The van der Waals surface area contributed by atoms with Crippen molar-refractivity contribution in [1.29, 1.82) is 0 Å². The smallest absolute Gasteiger partial charge is 0.294 e. The number of hydrogen-bond acceptors (Lipinski definition) is 4. The molecule has 5 nitrogen and oxygen atoms in total. The molecule has 0 bridgehead atoms. The summed E-state index contributed by atoms with van der Waals surface area (Å²) in [5.74, 6) is -0.0839. The maximum Gasteiger partial charge on any atom is 0.294 e. The number of carbonyl (C=O) groups excluding carboxylic acids is 1. The summed E-state index contributed by atoms with van der Waals surface area (Å²) in [5.41, 5.74) is 2.52. The minimum atomic E-state index is -0.296. The Kier molecular flexibility index (Phi) is 3.97. The molecule has 2 aromatic rings. The van der Waals surface area contributed by atoms with Gasteiger partial charge >= 0.3 is 0 Å². The molecule has 1 amide bonds. The van der Waals surface area contributed by atoms with Crippen molar-refractivity contribution >= 4 is 11.6 Å². The average Bonchev–Trinajstić information content (AvgIpc) is 2.85. The van der Waals surface area contributed by atoms with Crippen LogP contribution in [0.15, 0.2) is 34.9 Å². The highest BCUT2D eigenvalue weighted by Crippen LogP contribution is 2.17. The van der Waals surface area contributed by atoms with E-state index >= 15 is 0 Å². The predicted molar refractivity (Wildman–Crippen MR) is 73.1 cm³/mol. The Hall–Kier alpha value is -2.14. The summed E-state index contributed by atoms with van der Waals surface area (Å²) in [5, 5.41) is 9.64. The largest absolute Gasteiger partial charge is 0.351 e. The van der Waals surface area contributed by atoms with Crippen LogP contribution in [-0.4, -0.2) is 18.1 Å². The third-order valence-electron chi connectivity index (χ3n) is 2.93. The Labute approximate surface area is 112 Å². The monoisotopic (exact) mass is 259 g/mol. The second-order valence-electron chi connectivity index (χ2n) is 4.42. The molecule has 0 radical (unpaired) electrons. The van der Waals surface area contributed by atoms with Crippen molar-refractivity contribution in [3.05, 3.63) is 47.3 Å². The van der Waals surface area contributed by atoms with Crippen LogP contribution in [-0.2, 0) is 0 Å². The molecule has 2 rings (SSSR count). The highest BCUT2D eigenvalue weighted by Gasteiger charge is 2.12. The lowest BCUT2D eigenvalue weighted by molar-refractivity contribution is 0.0988. The third kappa shape index (κ3) is 3.20. The van der Waals surface area contributed by atoms with E-state index in [-0.39, 0.29) is 17.7 Å². The zero-order chi connectivity index (χ0) is 13.8. The van der Waals surface area contributed by atoms with Crippen LogP contribution in [0, 0.1) is 6.92 Å². The molecule has 0 aliphatic heterocycles. The molecule has 0 fully saturated rings. The molecular formula is C14H17N3O2. The minimum absolute atomic E-state index is 0.213. The second-order valence-corrected chi connectivity index (χ2v) is 4.42. The topological polar surface area (TPSA) is 67.2 Å². The van der Waals surface area contributed by atoms with E-state index in [1.165, 1.54) is 0 Å². The summed E-state index contributed by atoms with van der Waals surface area (Å²) in [7, 11) is 1.90. The van der Waals surface area contributed by atoms with Crippen molar-refractivity contribution in [2.75, 3.05) is 12.4 Å². The number of benzene rings is 1. The van der Waals surface area contributed by atoms with Gasteiger partial charge in [0.1, 0.15) is 0 Å². The van der Waals surface area contributed by atoms with Gasteiger partial charge in [-0.15, -0.1) is 0 Å². The molecule has 1 atom stereocenters. The SMILES string of the molecule is CNC(C)c1cccc(NC(=O)c2cc(C)no2)c1. The van der Waals surface area contributed by atoms with Gasteiger partial charge in [-0.2, -0.15) is 0 Å². The first-order valence-corrected chi connectivity index (χ1v) is 6.12. The van der Waals surface area contributed by atoms with E-state index in [9.17, 15) is 4.79 Å². The maximum absolute atomic E-state index is 11.9. The first-order valence-electron chi connectivity index (χ1n) is 6.12. The van der Waals surface area contributed by atoms with E-state index in [4.69, 9.17) is 4.52 Å². The van der Waals surface area contributed by atoms with E-state index in [0.29, 0.717) is 5.69 Å². The van der Waals surface area contributed by atoms with E-state index in [1.54, 1.807) is 13.0 Å². The Bertz CT molecular complexity index is 578. The van der Waals surface area contributed by atoms with Crippen LogP contribution in [0.3, 0.4) is 0 Å². The minimum Gasteiger partial charge on any atom is -0.351 e. The molecule has 19 heavy (non-hydrogen) atoms. The highest BCUT2D eigenvalue weighted by molar-refractivity contribution is 6.02. The molecule has 0 saturated carbocycles. The van der Waals surface area contributed by atoms with E-state index in [2.05, 4.69) is 22.7 Å². The lowest BCUT2D eigenvalue weighted by Gasteiger charge is -2.12. The molecule has 1 unspecified atom stereocenters. The van der Waals surface area contributed by atoms with Crippen LogP contribution in [0.1, 0.15) is 34.8 Å². The fourth-order valence-electron chi connectivity index (χ4n) is 1.72. The van der Waals surface area contributed by atoms with Gasteiger partial charge < -0.3 is 15.2 Å². The van der Waals surface area contributed by atoms with Gasteiger partial charge in [0.05, 0.1) is 5.69 Å². The van der Waals surface area contributed by atoms with Gasteiger partial charge in [-0.25, -0.2) is 0 Å². The van der Waals surface area contributed by atoms with Crippen LogP contribution in [0.5, 0.6) is 0 Å². The van der Waals surface area contributed by atoms with E-state index in [1.807, 2.05) is 31.3 Å². The number of nitrogens with zero attached hydrogens (tertiary/aromatic N) is 1. The first kappa shape index (κ1) is 13.3. The fraction of sp³-hybridized carbons (Fsp3) is 0.286. The number of carbonyl (C=O) groups is 1. The highest BCUT2D eigenvalue weighted by atomic mass is 16.5. The predicted octanol–water partition coefficient (Wildman–Crippen LogP) is 2.52. The van der Waals surface area contributed by atoms with Gasteiger partial charge in [-0.3, -0.25) is 4.79 Å². The summed E-state index contributed by atoms with van der Waals surface area (Å²) in [6, 6.07) is 9.52. The summed E-state index contributed by atoms with van der Waals surface area (Å²) in [6.07, 6.45) is 0. The summed E-state index contributed by atoms with van der Waals surface area (Å²) >= 11 is 0. The number of hydrogen-bond donors (Lipinski definition) is 2. The van der Waals surface area contributed by atoms with Crippen molar-refractivity contribution in [2.24, 2.45) is 0 Å². The number of rotatable bonds is 4. The molecule has 0 aliphatic rings. The van der Waals surface area contributed by atoms with Gasteiger partial charge in [0.25, 0.3) is 5.91 Å². The van der Waals surface area contributed by atoms with Gasteiger partial charge in [-0.1, -0.05) is 17.3 Å². The molecule has 0 spiro atoms. The van der Waals surface area contributed by atoms with Gasteiger partial charge in [-0.05, 0) is 38.6 Å². The second kappa shape index (κ2) is 5.67. The number of nitrogens with one attached hydrogen (secondary N) is 2. The fourth-order valence-corrected chi connectivity index (χ4v) is 1.72. The number of aromatic nitrogens is 1. The summed E-state index contributed by atoms with van der Waals surface area (Å²) < 4.78 is 4.92. The van der Waals surface area contributed by atoms with Gasteiger partial charge in [0, 0.05) is 17.8 Å². The molecule has 0 aliphatic carbocycles. The lowest BCUT2D eigenvalue weighted by Crippen LogP contribution is -2.14. The van der Waals surface area contributed by atoms with E-state index in [0.717, 1.165) is 11.3 Å². The maximum atomic E-state index is 11.9. The number of anilines is 1. The van der Waals surface area contributed by atoms with Crippen molar-refractivity contribution in [1.82, 2.24) is 10.5 Å². The quantitative estimate of drug-likeness (QED) is 0.885. The normalized spacial score (nSPS) is 12.2. The zero-order valence-corrected chi connectivity index (χ0v) is 11.2. The zero-order valence-electron chi connectivity index (χ0n) is 11.2. The number of amides is 1. The Morgan fingerprint density at radius 1 is 1.37 bits per heavy atom. The molecule has 0 saturated heterocycles. The molecule has 2 N–H and O–H groups in total. The molecule has 5 heteroatoms. The average molecular weight is 259 g/mol. The number of aryl methyl sites for hydroxylation is 1. The van der Waals surface area contributed by atoms with Crippen LogP contribution in [0.25, 0.3) is 0 Å². The van der Waals surface area contributed by atoms with Crippen molar-refractivity contribution < 1.29 is 9.32 Å². The van der Waals surface area contributed by atoms with Crippen LogP contribution in [0.2, 0.25) is 0 Å². The van der Waals surface area contributed by atoms with Crippen LogP contribution < -0.4 is 10.6 Å². The lowest BCUT2D eigenvalue weighted by atomic mass is 10.1. The van der Waals surface area contributed by atoms with Crippen LogP contribution >= 0.6 is 0 Å². The van der Waals surface area contributed by atoms with Crippen molar-refractivity contribution in [2.45, 2.75) is 19.9 Å². The van der Waals surface area contributed by atoms with Gasteiger partial charge in [0.15, 0.2) is 0 Å². The molecule has 100 valence electrons. The molecule has 1 aromatic heterocycles. The third-order valence-corrected chi connectivity index (χ3v) is 2.93. The van der Waals surface area contributed by atoms with Crippen molar-refractivity contribution in [3.63, 3.8) is 0 Å². The van der Waals surface area contributed by atoms with E-state index < -0.39 is 0 Å². The van der Waals surface area contributed by atoms with Crippen molar-refractivity contribution in [3.8, 4) is 0 Å². The first-order chi connectivity index (χ1) is 9.10. The Morgan fingerprint density at radius 3 is 2.79 bits per heavy atom. The molecule has 1 aromatic carbocycles. The Balaban J connectivity index is 2.13. The Morgan fingerprint density at radius 2 is 2.16 bits per heavy atom. The molecular weight excluding hydrogens is 242 g/mol. The standard InChI is InChI=1S/C14H17N3O2/c1-9-7-13(19-17-9)14(18)16-12-6-4-5-11(8-12)10(2)15-3/h4-8,10,15H,1-3H3,(H,16,18). The summed E-state index contributed by atoms with van der Waals surface area (Å²) in [6.45, 7) is 3.83. The molecule has 1 heterocycles.